The molecule has 0 bridgehead atoms. The molecule has 118 valence electrons. The smallest absolute Gasteiger partial charge is 0.271 e. The van der Waals surface area contributed by atoms with Gasteiger partial charge in [-0.1, -0.05) is 25.8 Å². The molecule has 1 heterocycles. The standard InChI is InChI=1S/C17H19N5O/c1-2-3-4-10-19-17(23)15-8-9-16(22-21-15)20-14-7-5-6-13(11-14)12-18/h5-9,11H,2-4,10H2,1H3,(H,19,23)(H,20,22). The van der Waals surface area contributed by atoms with Crippen LogP contribution in [0.15, 0.2) is 36.4 Å². The summed E-state index contributed by atoms with van der Waals surface area (Å²) in [6.07, 6.45) is 3.17. The van der Waals surface area contributed by atoms with E-state index in [-0.39, 0.29) is 11.6 Å². The Kier molecular flexibility index (Phi) is 6.07. The summed E-state index contributed by atoms with van der Waals surface area (Å²) in [6.45, 7) is 2.76. The minimum atomic E-state index is -0.216. The van der Waals surface area contributed by atoms with Crippen molar-refractivity contribution in [2.45, 2.75) is 26.2 Å². The van der Waals surface area contributed by atoms with E-state index in [9.17, 15) is 4.79 Å². The molecular weight excluding hydrogens is 290 g/mol. The molecule has 2 rings (SSSR count). The van der Waals surface area contributed by atoms with E-state index in [2.05, 4.69) is 33.8 Å². The molecule has 0 radical (unpaired) electrons. The highest BCUT2D eigenvalue weighted by Gasteiger charge is 2.07. The van der Waals surface area contributed by atoms with Crippen molar-refractivity contribution in [2.24, 2.45) is 0 Å². The van der Waals surface area contributed by atoms with Gasteiger partial charge in [-0.3, -0.25) is 4.79 Å². The van der Waals surface area contributed by atoms with Crippen molar-refractivity contribution in [1.29, 1.82) is 5.26 Å². The van der Waals surface area contributed by atoms with Gasteiger partial charge in [-0.2, -0.15) is 5.26 Å². The van der Waals surface area contributed by atoms with Gasteiger partial charge in [0.05, 0.1) is 11.6 Å². The van der Waals surface area contributed by atoms with Crippen LogP contribution < -0.4 is 10.6 Å². The molecule has 0 atom stereocenters. The van der Waals surface area contributed by atoms with Crippen LogP contribution in [-0.4, -0.2) is 22.6 Å². The molecule has 0 saturated heterocycles. The van der Waals surface area contributed by atoms with Crippen LogP contribution >= 0.6 is 0 Å². The number of nitrogens with zero attached hydrogens (tertiary/aromatic N) is 3. The molecule has 0 aliphatic heterocycles. The number of rotatable bonds is 7. The predicted octanol–water partition coefficient (Wildman–Crippen LogP) is 3.01. The van der Waals surface area contributed by atoms with Crippen molar-refractivity contribution in [3.8, 4) is 6.07 Å². The van der Waals surface area contributed by atoms with Crippen LogP contribution in [0.5, 0.6) is 0 Å². The van der Waals surface area contributed by atoms with Crippen molar-refractivity contribution in [2.75, 3.05) is 11.9 Å². The summed E-state index contributed by atoms with van der Waals surface area (Å²) < 4.78 is 0. The van der Waals surface area contributed by atoms with Gasteiger partial charge in [0.25, 0.3) is 5.91 Å². The van der Waals surface area contributed by atoms with E-state index in [1.165, 1.54) is 0 Å². The van der Waals surface area contributed by atoms with Crippen LogP contribution in [0.4, 0.5) is 11.5 Å². The van der Waals surface area contributed by atoms with Crippen molar-refractivity contribution >= 4 is 17.4 Å². The van der Waals surface area contributed by atoms with Crippen LogP contribution in [-0.2, 0) is 0 Å². The third-order valence-electron chi connectivity index (χ3n) is 3.23. The first-order chi connectivity index (χ1) is 11.2. The molecule has 1 amide bonds. The van der Waals surface area contributed by atoms with Crippen LogP contribution in [0.25, 0.3) is 0 Å². The lowest BCUT2D eigenvalue weighted by Gasteiger charge is -2.06. The number of aromatic nitrogens is 2. The maximum absolute atomic E-state index is 11.9. The number of amides is 1. The van der Waals surface area contributed by atoms with Crippen molar-refractivity contribution < 1.29 is 4.79 Å². The second kappa shape index (κ2) is 8.49. The fourth-order valence-corrected chi connectivity index (χ4v) is 2.00. The minimum Gasteiger partial charge on any atom is -0.351 e. The zero-order valence-corrected chi connectivity index (χ0v) is 13.0. The Hall–Kier alpha value is -2.94. The molecule has 0 aliphatic rings. The average molecular weight is 309 g/mol. The highest BCUT2D eigenvalue weighted by molar-refractivity contribution is 5.92. The van der Waals surface area contributed by atoms with E-state index >= 15 is 0 Å². The van der Waals surface area contributed by atoms with Gasteiger partial charge < -0.3 is 10.6 Å². The van der Waals surface area contributed by atoms with Gasteiger partial charge in [-0.15, -0.1) is 10.2 Å². The van der Waals surface area contributed by atoms with Gasteiger partial charge in [-0.25, -0.2) is 0 Å². The Morgan fingerprint density at radius 2 is 2.09 bits per heavy atom. The summed E-state index contributed by atoms with van der Waals surface area (Å²) in [4.78, 5) is 11.9. The van der Waals surface area contributed by atoms with Gasteiger partial charge in [0.15, 0.2) is 11.5 Å². The van der Waals surface area contributed by atoms with Gasteiger partial charge >= 0.3 is 0 Å². The van der Waals surface area contributed by atoms with Crippen molar-refractivity contribution in [3.63, 3.8) is 0 Å². The van der Waals surface area contributed by atoms with Crippen LogP contribution in [0.2, 0.25) is 0 Å². The lowest BCUT2D eigenvalue weighted by Crippen LogP contribution is -2.25. The average Bonchev–Trinajstić information content (AvgIpc) is 2.59. The third kappa shape index (κ3) is 5.08. The van der Waals surface area contributed by atoms with Crippen molar-refractivity contribution in [3.05, 3.63) is 47.7 Å². The number of hydrogen-bond acceptors (Lipinski definition) is 5. The van der Waals surface area contributed by atoms with E-state index in [4.69, 9.17) is 5.26 Å². The zero-order chi connectivity index (χ0) is 16.5. The Labute approximate surface area is 135 Å². The molecule has 1 aromatic heterocycles. The number of carbonyl (C=O) groups excluding carboxylic acids is 1. The number of anilines is 2. The van der Waals surface area contributed by atoms with Gasteiger partial charge in [0.2, 0.25) is 0 Å². The summed E-state index contributed by atoms with van der Waals surface area (Å²) >= 11 is 0. The molecule has 0 unspecified atom stereocenters. The first kappa shape index (κ1) is 16.4. The van der Waals surface area contributed by atoms with E-state index in [1.807, 2.05) is 6.07 Å². The molecule has 0 spiro atoms. The number of nitriles is 1. The van der Waals surface area contributed by atoms with Gasteiger partial charge in [0, 0.05) is 12.2 Å². The highest BCUT2D eigenvalue weighted by atomic mass is 16.1. The third-order valence-corrected chi connectivity index (χ3v) is 3.23. The van der Waals surface area contributed by atoms with E-state index in [1.54, 1.807) is 30.3 Å². The zero-order valence-electron chi connectivity index (χ0n) is 13.0. The summed E-state index contributed by atoms with van der Waals surface area (Å²) in [5.41, 5.74) is 1.60. The lowest BCUT2D eigenvalue weighted by molar-refractivity contribution is 0.0947. The van der Waals surface area contributed by atoms with Crippen LogP contribution in [0, 0.1) is 11.3 Å². The van der Waals surface area contributed by atoms with E-state index in [0.29, 0.717) is 17.9 Å². The minimum absolute atomic E-state index is 0.216. The molecule has 6 nitrogen and oxygen atoms in total. The SMILES string of the molecule is CCCCCNC(=O)c1ccc(Nc2cccc(C#N)c2)nn1. The van der Waals surface area contributed by atoms with Gasteiger partial charge in [-0.05, 0) is 36.8 Å². The number of carbonyl (C=O) groups is 1. The van der Waals surface area contributed by atoms with Gasteiger partial charge in [0.1, 0.15) is 0 Å². The predicted molar refractivity (Wildman–Crippen MR) is 88.3 cm³/mol. The molecule has 0 aliphatic carbocycles. The second-order valence-electron chi connectivity index (χ2n) is 5.08. The maximum atomic E-state index is 11.9. The topological polar surface area (TPSA) is 90.7 Å². The maximum Gasteiger partial charge on any atom is 0.271 e. The molecule has 0 saturated carbocycles. The molecule has 2 N–H and O–H groups in total. The fraction of sp³-hybridized carbons (Fsp3) is 0.294. The summed E-state index contributed by atoms with van der Waals surface area (Å²) in [7, 11) is 0. The normalized spacial score (nSPS) is 9.91. The van der Waals surface area contributed by atoms with Crippen LogP contribution in [0.1, 0.15) is 42.2 Å². The summed E-state index contributed by atoms with van der Waals surface area (Å²) in [5.74, 6) is 0.300. The Bertz CT molecular complexity index is 691. The second-order valence-corrected chi connectivity index (χ2v) is 5.08. The fourth-order valence-electron chi connectivity index (χ4n) is 2.00. The molecule has 6 heteroatoms. The Morgan fingerprint density at radius 3 is 2.78 bits per heavy atom. The van der Waals surface area contributed by atoms with E-state index < -0.39 is 0 Å². The monoisotopic (exact) mass is 309 g/mol. The lowest BCUT2D eigenvalue weighted by atomic mass is 10.2. The molecular formula is C17H19N5O. The quantitative estimate of drug-likeness (QED) is 0.767. The summed E-state index contributed by atoms with van der Waals surface area (Å²) in [6, 6.07) is 12.4. The first-order valence-corrected chi connectivity index (χ1v) is 7.62. The molecule has 0 fully saturated rings. The highest BCUT2D eigenvalue weighted by Crippen LogP contribution is 2.15. The molecule has 2 aromatic rings. The number of unbranched alkanes of at least 4 members (excludes halogenated alkanes) is 2. The number of hydrogen-bond donors (Lipinski definition) is 2. The van der Waals surface area contributed by atoms with Crippen molar-refractivity contribution in [1.82, 2.24) is 15.5 Å². The Morgan fingerprint density at radius 1 is 1.22 bits per heavy atom. The number of benzene rings is 1. The molecule has 23 heavy (non-hydrogen) atoms. The first-order valence-electron chi connectivity index (χ1n) is 7.62. The Balaban J connectivity index is 1.93. The molecule has 1 aromatic carbocycles. The summed E-state index contributed by atoms with van der Waals surface area (Å²) in [5, 5.41) is 22.7. The van der Waals surface area contributed by atoms with Crippen LogP contribution in [0.3, 0.4) is 0 Å². The number of nitrogens with one attached hydrogen (secondary N) is 2. The van der Waals surface area contributed by atoms with E-state index in [0.717, 1.165) is 24.9 Å². The largest absolute Gasteiger partial charge is 0.351 e.